The number of carboxylic acid groups (broad SMARTS) is 1. The summed E-state index contributed by atoms with van der Waals surface area (Å²) in [5, 5.41) is 11.7. The summed E-state index contributed by atoms with van der Waals surface area (Å²) < 4.78 is 38.8. The molecule has 5 nitrogen and oxygen atoms in total. The number of carbonyl (C=O) groups is 2. The summed E-state index contributed by atoms with van der Waals surface area (Å²) >= 11 is 0. The molecule has 1 heterocycles. The number of nitrogens with one attached hydrogen (secondary N) is 1. The largest absolute Gasteiger partial charge is 0.481 e. The smallest absolute Gasteiger partial charge is 0.393 e. The van der Waals surface area contributed by atoms with E-state index in [4.69, 9.17) is 5.11 Å². The molecule has 1 rings (SSSR count). The molecule has 8 heteroatoms. The van der Waals surface area contributed by atoms with E-state index in [1.54, 1.807) is 0 Å². The highest BCUT2D eigenvalue weighted by Gasteiger charge is 2.53. The molecule has 1 fully saturated rings. The van der Waals surface area contributed by atoms with Gasteiger partial charge in [0.15, 0.2) is 0 Å². The molecule has 1 aliphatic rings. The van der Waals surface area contributed by atoms with Crippen LogP contribution in [0.25, 0.3) is 0 Å². The normalized spacial score (nSPS) is 25.7. The van der Waals surface area contributed by atoms with Gasteiger partial charge in [0, 0.05) is 19.1 Å². The Morgan fingerprint density at radius 2 is 1.91 bits per heavy atom. The van der Waals surface area contributed by atoms with Gasteiger partial charge in [-0.05, 0) is 20.3 Å². The van der Waals surface area contributed by atoms with Crippen LogP contribution in [0.2, 0.25) is 0 Å². The third kappa shape index (κ3) is 4.59. The Balaban J connectivity index is 2.73. The molecule has 0 aromatic heterocycles. The Morgan fingerprint density at radius 1 is 1.32 bits per heavy atom. The van der Waals surface area contributed by atoms with E-state index in [2.05, 4.69) is 5.32 Å². The van der Waals surface area contributed by atoms with Crippen molar-refractivity contribution in [3.63, 3.8) is 0 Å². The summed E-state index contributed by atoms with van der Waals surface area (Å²) in [6.07, 6.45) is -2.92. The third-order valence-electron chi connectivity index (χ3n) is 4.12. The van der Waals surface area contributed by atoms with Crippen molar-refractivity contribution < 1.29 is 27.9 Å². The summed E-state index contributed by atoms with van der Waals surface area (Å²) in [6.45, 7) is 4.58. The number of hydrogen-bond acceptors (Lipinski definition) is 3. The maximum absolute atomic E-state index is 12.9. The average Bonchev–Trinajstić information content (AvgIpc) is 2.82. The molecule has 0 saturated carbocycles. The molecule has 1 saturated heterocycles. The Labute approximate surface area is 127 Å². The molecule has 2 unspecified atom stereocenters. The number of alkyl halides is 3. The minimum Gasteiger partial charge on any atom is -0.481 e. The number of amides is 1. The highest BCUT2D eigenvalue weighted by molar-refractivity contribution is 5.82. The van der Waals surface area contributed by atoms with Crippen LogP contribution in [-0.2, 0) is 9.59 Å². The minimum absolute atomic E-state index is 0.0590. The molecule has 0 aromatic rings. The van der Waals surface area contributed by atoms with Crippen LogP contribution < -0.4 is 5.32 Å². The first-order valence-electron chi connectivity index (χ1n) is 7.41. The molecule has 1 aliphatic heterocycles. The lowest BCUT2D eigenvalue weighted by Gasteiger charge is -2.25. The average molecular weight is 324 g/mol. The van der Waals surface area contributed by atoms with E-state index in [1.807, 2.05) is 13.8 Å². The Bertz CT molecular complexity index is 415. The summed E-state index contributed by atoms with van der Waals surface area (Å²) in [5.41, 5.74) is 0. The number of carboxylic acids is 1. The maximum atomic E-state index is 12.9. The van der Waals surface area contributed by atoms with Crippen molar-refractivity contribution >= 4 is 11.9 Å². The van der Waals surface area contributed by atoms with Crippen molar-refractivity contribution in [2.45, 2.75) is 51.9 Å². The predicted octanol–water partition coefficient (Wildman–Crippen LogP) is 1.87. The zero-order valence-corrected chi connectivity index (χ0v) is 13.0. The van der Waals surface area contributed by atoms with Gasteiger partial charge in [0.2, 0.25) is 5.91 Å². The monoisotopic (exact) mass is 324 g/mol. The standard InChI is InChI=1S/C14H23F3N2O3/c1-4-5-8(2)18-12(20)9(3)19-6-10(13(21)22)11(7-19)14(15,16)17/h8-11H,4-7H2,1-3H3,(H,18,20)(H,21,22)/t8?,9?,10-,11-/m1/s1. The second-order valence-electron chi connectivity index (χ2n) is 5.92. The zero-order valence-electron chi connectivity index (χ0n) is 13.0. The second kappa shape index (κ2) is 7.30. The number of rotatable bonds is 6. The Morgan fingerprint density at radius 3 is 2.32 bits per heavy atom. The summed E-state index contributed by atoms with van der Waals surface area (Å²) in [4.78, 5) is 24.4. The van der Waals surface area contributed by atoms with Crippen LogP contribution in [0.15, 0.2) is 0 Å². The lowest BCUT2D eigenvalue weighted by Crippen LogP contribution is -2.47. The fraction of sp³-hybridized carbons (Fsp3) is 0.857. The molecular formula is C14H23F3N2O3. The summed E-state index contributed by atoms with van der Waals surface area (Å²) in [5.74, 6) is -5.30. The highest BCUT2D eigenvalue weighted by atomic mass is 19.4. The first-order valence-corrected chi connectivity index (χ1v) is 7.41. The van der Waals surface area contributed by atoms with Gasteiger partial charge >= 0.3 is 12.1 Å². The van der Waals surface area contributed by atoms with E-state index in [1.165, 1.54) is 11.8 Å². The van der Waals surface area contributed by atoms with E-state index in [0.29, 0.717) is 0 Å². The summed E-state index contributed by atoms with van der Waals surface area (Å²) in [7, 11) is 0. The van der Waals surface area contributed by atoms with Crippen molar-refractivity contribution in [2.24, 2.45) is 11.8 Å². The Kier molecular flexibility index (Phi) is 6.22. The maximum Gasteiger partial charge on any atom is 0.393 e. The fourth-order valence-electron chi connectivity index (χ4n) is 2.77. The van der Waals surface area contributed by atoms with Gasteiger partial charge in [-0.2, -0.15) is 13.2 Å². The van der Waals surface area contributed by atoms with Crippen LogP contribution in [0.5, 0.6) is 0 Å². The van der Waals surface area contributed by atoms with Crippen molar-refractivity contribution in [1.29, 1.82) is 0 Å². The Hall–Kier alpha value is -1.31. The quantitative estimate of drug-likeness (QED) is 0.783. The molecule has 0 bridgehead atoms. The molecule has 4 atom stereocenters. The molecule has 2 N–H and O–H groups in total. The number of nitrogens with zero attached hydrogens (tertiary/aromatic N) is 1. The van der Waals surface area contributed by atoms with Gasteiger partial charge in [0.05, 0.1) is 17.9 Å². The number of likely N-dealkylation sites (tertiary alicyclic amines) is 1. The van der Waals surface area contributed by atoms with Gasteiger partial charge in [-0.25, -0.2) is 0 Å². The first-order chi connectivity index (χ1) is 10.1. The number of halogens is 3. The SMILES string of the molecule is CCCC(C)NC(=O)C(C)N1C[C@@H](C(F)(F)F)[C@H](C(=O)O)C1. The lowest BCUT2D eigenvalue weighted by atomic mass is 9.96. The van der Waals surface area contributed by atoms with Crippen molar-refractivity contribution in [3.8, 4) is 0 Å². The number of carbonyl (C=O) groups excluding carboxylic acids is 1. The predicted molar refractivity (Wildman–Crippen MR) is 74.2 cm³/mol. The molecule has 128 valence electrons. The summed E-state index contributed by atoms with van der Waals surface area (Å²) in [6, 6.07) is -0.843. The van der Waals surface area contributed by atoms with Crippen LogP contribution in [0.3, 0.4) is 0 Å². The van der Waals surface area contributed by atoms with Gasteiger partial charge in [0.1, 0.15) is 0 Å². The van der Waals surface area contributed by atoms with Gasteiger partial charge in [-0.15, -0.1) is 0 Å². The second-order valence-corrected chi connectivity index (χ2v) is 5.92. The van der Waals surface area contributed by atoms with E-state index in [9.17, 15) is 22.8 Å². The van der Waals surface area contributed by atoms with Gasteiger partial charge in [-0.1, -0.05) is 13.3 Å². The molecular weight excluding hydrogens is 301 g/mol. The minimum atomic E-state index is -4.58. The van der Waals surface area contributed by atoms with E-state index in [-0.39, 0.29) is 18.5 Å². The van der Waals surface area contributed by atoms with Gasteiger partial charge < -0.3 is 10.4 Å². The molecule has 0 radical (unpaired) electrons. The molecule has 0 aliphatic carbocycles. The van der Waals surface area contributed by atoms with Crippen LogP contribution in [0, 0.1) is 11.8 Å². The lowest BCUT2D eigenvalue weighted by molar-refractivity contribution is -0.188. The number of hydrogen-bond donors (Lipinski definition) is 2. The van der Waals surface area contributed by atoms with Gasteiger partial charge in [-0.3, -0.25) is 14.5 Å². The fourth-order valence-corrected chi connectivity index (χ4v) is 2.77. The van der Waals surface area contributed by atoms with Crippen LogP contribution in [-0.4, -0.2) is 53.2 Å². The van der Waals surface area contributed by atoms with Crippen molar-refractivity contribution in [2.75, 3.05) is 13.1 Å². The van der Waals surface area contributed by atoms with Crippen molar-refractivity contribution in [1.82, 2.24) is 10.2 Å². The van der Waals surface area contributed by atoms with E-state index in [0.717, 1.165) is 12.8 Å². The highest BCUT2D eigenvalue weighted by Crippen LogP contribution is 2.38. The topological polar surface area (TPSA) is 69.6 Å². The van der Waals surface area contributed by atoms with Crippen LogP contribution >= 0.6 is 0 Å². The van der Waals surface area contributed by atoms with E-state index >= 15 is 0 Å². The first kappa shape index (κ1) is 18.7. The van der Waals surface area contributed by atoms with Gasteiger partial charge in [0.25, 0.3) is 0 Å². The third-order valence-corrected chi connectivity index (χ3v) is 4.12. The van der Waals surface area contributed by atoms with Crippen LogP contribution in [0.1, 0.15) is 33.6 Å². The van der Waals surface area contributed by atoms with Crippen LogP contribution in [0.4, 0.5) is 13.2 Å². The number of aliphatic carboxylic acids is 1. The zero-order chi connectivity index (χ0) is 17.1. The molecule has 22 heavy (non-hydrogen) atoms. The molecule has 0 aromatic carbocycles. The molecule has 1 amide bonds. The van der Waals surface area contributed by atoms with Crippen molar-refractivity contribution in [3.05, 3.63) is 0 Å². The van der Waals surface area contributed by atoms with E-state index < -0.39 is 36.6 Å². The molecule has 0 spiro atoms.